The van der Waals surface area contributed by atoms with Crippen molar-refractivity contribution in [3.05, 3.63) is 36.1 Å². The van der Waals surface area contributed by atoms with Crippen LogP contribution in [0.1, 0.15) is 39.5 Å². The molecule has 0 radical (unpaired) electrons. The summed E-state index contributed by atoms with van der Waals surface area (Å²) in [6.07, 6.45) is 5.82. The van der Waals surface area contributed by atoms with Gasteiger partial charge in [0, 0.05) is 31.0 Å². The quantitative estimate of drug-likeness (QED) is 0.499. The van der Waals surface area contributed by atoms with Crippen molar-refractivity contribution in [3.63, 3.8) is 0 Å². The van der Waals surface area contributed by atoms with Crippen LogP contribution in [0.25, 0.3) is 0 Å². The second kappa shape index (κ2) is 9.98. The molecule has 2 N–H and O–H groups in total. The average Bonchev–Trinajstić information content (AvgIpc) is 2.69. The van der Waals surface area contributed by atoms with Crippen LogP contribution < -0.4 is 0 Å². The van der Waals surface area contributed by atoms with E-state index in [1.807, 2.05) is 0 Å². The normalized spacial score (nSPS) is 27.3. The number of piperidine rings is 2. The highest BCUT2D eigenvalue weighted by molar-refractivity contribution is 7.76. The molecule has 2 heterocycles. The Kier molecular flexibility index (Phi) is 7.92. The second-order valence-corrected chi connectivity index (χ2v) is 8.14. The van der Waals surface area contributed by atoms with Crippen molar-refractivity contribution < 1.29 is 28.3 Å². The first-order valence-corrected chi connectivity index (χ1v) is 10.7. The third-order valence-corrected chi connectivity index (χ3v) is 6.53. The van der Waals surface area contributed by atoms with Crippen LogP contribution in [-0.4, -0.2) is 59.9 Å². The molecule has 0 saturated carbocycles. The summed E-state index contributed by atoms with van der Waals surface area (Å²) < 4.78 is 23.0. The number of Topliss-reactive ketones (excluding diaryl/α,β-unsaturated/α-hetero) is 1. The fourth-order valence-electron chi connectivity index (χ4n) is 4.03. The van der Waals surface area contributed by atoms with Crippen molar-refractivity contribution in [2.45, 2.75) is 45.6 Å². The third kappa shape index (κ3) is 5.02. The molecule has 160 valence electrons. The number of carboxylic acids is 1. The van der Waals surface area contributed by atoms with E-state index in [1.54, 1.807) is 24.8 Å². The summed E-state index contributed by atoms with van der Waals surface area (Å²) in [7, 11) is 0. The van der Waals surface area contributed by atoms with Gasteiger partial charge >= 0.3 is 5.97 Å². The molecule has 0 aromatic rings. The molecule has 0 aliphatic carbocycles. The van der Waals surface area contributed by atoms with Gasteiger partial charge in [-0.15, -0.1) is 0 Å². The Hall–Kier alpha value is -2.26. The maximum atomic E-state index is 13.0. The van der Waals surface area contributed by atoms with Crippen LogP contribution in [0.15, 0.2) is 36.1 Å². The first kappa shape index (κ1) is 23.0. The summed E-state index contributed by atoms with van der Waals surface area (Å²) >= 11 is -2.31. The summed E-state index contributed by atoms with van der Waals surface area (Å²) in [5.74, 6) is -2.17. The maximum absolute atomic E-state index is 13.0. The number of carbonyl (C=O) groups is 3. The van der Waals surface area contributed by atoms with E-state index in [4.69, 9.17) is 5.11 Å². The van der Waals surface area contributed by atoms with E-state index in [-0.39, 0.29) is 24.5 Å². The molecule has 0 spiro atoms. The first-order valence-electron chi connectivity index (χ1n) is 9.67. The standard InChI is InChI=1S/C20H28N2O6S/c1-4-6-16-17(5-2)22(29(27)28)13(3)15(19(16)24)7-8-18(23)21-11-9-14(10-12-21)20(25)26/h4-6,13-15H,1,7-12H2,2-3H3,(H,25,26)(H,27,28)/b16-6+,17-5+/t13-,15+/m1/s1. The smallest absolute Gasteiger partial charge is 0.306 e. The molecule has 0 aromatic heterocycles. The van der Waals surface area contributed by atoms with Gasteiger partial charge in [-0.2, -0.15) is 0 Å². The number of carbonyl (C=O) groups excluding carboxylic acids is 2. The van der Waals surface area contributed by atoms with Crippen molar-refractivity contribution in [2.24, 2.45) is 11.8 Å². The van der Waals surface area contributed by atoms with E-state index >= 15 is 0 Å². The maximum Gasteiger partial charge on any atom is 0.306 e. The van der Waals surface area contributed by atoms with Crippen molar-refractivity contribution in [1.29, 1.82) is 0 Å². The Labute approximate surface area is 173 Å². The molecule has 0 bridgehead atoms. The number of likely N-dealkylation sites (tertiary alicyclic amines) is 1. The summed E-state index contributed by atoms with van der Waals surface area (Å²) in [5.41, 5.74) is 0.685. The third-order valence-electron chi connectivity index (χ3n) is 5.66. The zero-order valence-corrected chi connectivity index (χ0v) is 17.6. The first-order chi connectivity index (χ1) is 13.7. The van der Waals surface area contributed by atoms with Crippen molar-refractivity contribution >= 4 is 28.9 Å². The van der Waals surface area contributed by atoms with Gasteiger partial charge in [0.15, 0.2) is 5.78 Å². The number of allylic oxidation sites excluding steroid dienone is 4. The molecular weight excluding hydrogens is 396 g/mol. The zero-order chi connectivity index (χ0) is 21.7. The highest BCUT2D eigenvalue weighted by Crippen LogP contribution is 2.35. The zero-order valence-electron chi connectivity index (χ0n) is 16.7. The van der Waals surface area contributed by atoms with Crippen LogP contribution in [0.3, 0.4) is 0 Å². The molecule has 29 heavy (non-hydrogen) atoms. The van der Waals surface area contributed by atoms with Crippen molar-refractivity contribution in [3.8, 4) is 0 Å². The lowest BCUT2D eigenvalue weighted by Crippen LogP contribution is -2.49. The van der Waals surface area contributed by atoms with Gasteiger partial charge in [-0.3, -0.25) is 23.2 Å². The highest BCUT2D eigenvalue weighted by Gasteiger charge is 2.42. The summed E-state index contributed by atoms with van der Waals surface area (Å²) in [6, 6.07) is -0.549. The number of amides is 1. The topological polar surface area (TPSA) is 115 Å². The Morgan fingerprint density at radius 1 is 1.31 bits per heavy atom. The molecule has 9 heteroatoms. The molecule has 2 aliphatic rings. The molecule has 2 saturated heterocycles. The van der Waals surface area contributed by atoms with E-state index < -0.39 is 35.1 Å². The fraction of sp³-hybridized carbons (Fsp3) is 0.550. The summed E-state index contributed by atoms with van der Waals surface area (Å²) in [4.78, 5) is 38.3. The van der Waals surface area contributed by atoms with Gasteiger partial charge in [0.1, 0.15) is 0 Å². The summed E-state index contributed by atoms with van der Waals surface area (Å²) in [6.45, 7) is 7.78. The molecular formula is C20H28N2O6S. The lowest BCUT2D eigenvalue weighted by atomic mass is 9.82. The number of hydrogen-bond acceptors (Lipinski definition) is 4. The minimum atomic E-state index is -2.31. The Morgan fingerprint density at radius 3 is 2.41 bits per heavy atom. The molecule has 2 aliphatic heterocycles. The number of hydrogen-bond donors (Lipinski definition) is 2. The largest absolute Gasteiger partial charge is 0.481 e. The predicted molar refractivity (Wildman–Crippen MR) is 109 cm³/mol. The Morgan fingerprint density at radius 2 is 1.93 bits per heavy atom. The van der Waals surface area contributed by atoms with Crippen LogP contribution in [0.4, 0.5) is 0 Å². The number of aliphatic carboxylic acids is 1. The van der Waals surface area contributed by atoms with Gasteiger partial charge in [-0.1, -0.05) is 18.7 Å². The van der Waals surface area contributed by atoms with E-state index in [0.29, 0.717) is 37.2 Å². The van der Waals surface area contributed by atoms with Crippen LogP contribution >= 0.6 is 0 Å². The van der Waals surface area contributed by atoms with Gasteiger partial charge in [-0.05, 0) is 39.2 Å². The minimum Gasteiger partial charge on any atom is -0.481 e. The molecule has 2 fully saturated rings. The van der Waals surface area contributed by atoms with E-state index in [9.17, 15) is 23.1 Å². The van der Waals surface area contributed by atoms with Gasteiger partial charge in [-0.25, -0.2) is 4.21 Å². The van der Waals surface area contributed by atoms with Crippen LogP contribution in [-0.2, 0) is 25.7 Å². The highest BCUT2D eigenvalue weighted by atomic mass is 32.2. The molecule has 0 aromatic carbocycles. The molecule has 3 atom stereocenters. The molecule has 1 unspecified atom stereocenters. The average molecular weight is 425 g/mol. The molecule has 8 nitrogen and oxygen atoms in total. The van der Waals surface area contributed by atoms with E-state index in [1.165, 1.54) is 16.5 Å². The Balaban J connectivity index is 2.11. The Bertz CT molecular complexity index is 767. The number of rotatable bonds is 6. The van der Waals surface area contributed by atoms with Gasteiger partial charge in [0.25, 0.3) is 11.3 Å². The predicted octanol–water partition coefficient (Wildman–Crippen LogP) is 2.13. The lowest BCUT2D eigenvalue weighted by molar-refractivity contribution is -0.145. The fourth-order valence-corrected chi connectivity index (χ4v) is 4.83. The van der Waals surface area contributed by atoms with Gasteiger partial charge in [0.2, 0.25) is 5.91 Å². The minimum absolute atomic E-state index is 0.122. The van der Waals surface area contributed by atoms with Crippen molar-refractivity contribution in [2.75, 3.05) is 13.1 Å². The monoisotopic (exact) mass is 424 g/mol. The van der Waals surface area contributed by atoms with Crippen LogP contribution in [0, 0.1) is 11.8 Å². The number of carboxylic acid groups (broad SMARTS) is 1. The van der Waals surface area contributed by atoms with E-state index in [0.717, 1.165) is 0 Å². The van der Waals surface area contributed by atoms with Crippen LogP contribution in [0.5, 0.6) is 0 Å². The van der Waals surface area contributed by atoms with Gasteiger partial charge in [0.05, 0.1) is 17.7 Å². The van der Waals surface area contributed by atoms with Gasteiger partial charge < -0.3 is 10.0 Å². The summed E-state index contributed by atoms with van der Waals surface area (Å²) in [5, 5.41) is 9.07. The SMILES string of the molecule is C=C/C=C1/C(=O)[C@@H](CCC(=O)N2CCC(C(=O)O)CC2)[C@@H](C)N(S(=O)O)/C1=C/C. The lowest BCUT2D eigenvalue weighted by Gasteiger charge is -2.40. The molecule has 1 amide bonds. The van der Waals surface area contributed by atoms with Crippen LogP contribution in [0.2, 0.25) is 0 Å². The number of ketones is 1. The van der Waals surface area contributed by atoms with Crippen molar-refractivity contribution in [1.82, 2.24) is 9.21 Å². The molecule has 2 rings (SSSR count). The number of nitrogens with zero attached hydrogens (tertiary/aromatic N) is 2. The van der Waals surface area contributed by atoms with E-state index in [2.05, 4.69) is 6.58 Å². The second-order valence-electron chi connectivity index (χ2n) is 7.29.